The number of halogens is 1. The van der Waals surface area contributed by atoms with Crippen molar-refractivity contribution in [2.75, 3.05) is 0 Å². The fourth-order valence-electron chi connectivity index (χ4n) is 1.40. The third-order valence-electron chi connectivity index (χ3n) is 2.56. The summed E-state index contributed by atoms with van der Waals surface area (Å²) in [4.78, 5) is 19.1. The van der Waals surface area contributed by atoms with Crippen LogP contribution in [0, 0.1) is 13.8 Å². The van der Waals surface area contributed by atoms with E-state index < -0.39 is 5.97 Å². The lowest BCUT2D eigenvalue weighted by molar-refractivity contribution is 0.0697. The van der Waals surface area contributed by atoms with Gasteiger partial charge in [-0.05, 0) is 32.0 Å². The largest absolute Gasteiger partial charge is 0.478 e. The van der Waals surface area contributed by atoms with Gasteiger partial charge in [0.05, 0.1) is 28.2 Å². The molecule has 0 amide bonds. The van der Waals surface area contributed by atoms with Crippen LogP contribution >= 0.6 is 11.6 Å². The molecule has 1 aromatic heterocycles. The Morgan fingerprint density at radius 2 is 2.05 bits per heavy atom. The summed E-state index contributed by atoms with van der Waals surface area (Å²) in [6, 6.07) is 4.23. The standard InChI is InChI=1S/C13H11ClN2O3/c1-7-8(2)16-12(6-15-7)19-11-4-3-9(13(17)18)5-10(11)14/h3-6H,1-2H3,(H,17,18). The quantitative estimate of drug-likeness (QED) is 0.933. The normalized spacial score (nSPS) is 10.3. The molecule has 0 atom stereocenters. The van der Waals surface area contributed by atoms with Crippen LogP contribution in [0.2, 0.25) is 5.02 Å². The highest BCUT2D eigenvalue weighted by atomic mass is 35.5. The van der Waals surface area contributed by atoms with E-state index in [0.717, 1.165) is 11.4 Å². The van der Waals surface area contributed by atoms with Gasteiger partial charge in [-0.1, -0.05) is 11.6 Å². The molecule has 5 nitrogen and oxygen atoms in total. The van der Waals surface area contributed by atoms with Gasteiger partial charge in [-0.15, -0.1) is 0 Å². The van der Waals surface area contributed by atoms with E-state index in [2.05, 4.69) is 9.97 Å². The Hall–Kier alpha value is -2.14. The van der Waals surface area contributed by atoms with Gasteiger partial charge >= 0.3 is 5.97 Å². The van der Waals surface area contributed by atoms with E-state index in [9.17, 15) is 4.79 Å². The van der Waals surface area contributed by atoms with Gasteiger partial charge in [0.1, 0.15) is 5.75 Å². The Balaban J connectivity index is 2.28. The van der Waals surface area contributed by atoms with Crippen molar-refractivity contribution in [3.8, 4) is 11.6 Å². The monoisotopic (exact) mass is 278 g/mol. The SMILES string of the molecule is Cc1ncc(Oc2ccc(C(=O)O)cc2Cl)nc1C. The second-order valence-electron chi connectivity index (χ2n) is 3.93. The number of aryl methyl sites for hydroxylation is 2. The van der Waals surface area contributed by atoms with Gasteiger partial charge < -0.3 is 9.84 Å². The number of carboxylic acids is 1. The molecular weight excluding hydrogens is 268 g/mol. The molecular formula is C13H11ClN2O3. The zero-order valence-electron chi connectivity index (χ0n) is 10.3. The minimum Gasteiger partial charge on any atom is -0.478 e. The highest BCUT2D eigenvalue weighted by Gasteiger charge is 2.10. The molecule has 0 aliphatic carbocycles. The van der Waals surface area contributed by atoms with E-state index >= 15 is 0 Å². The molecule has 1 heterocycles. The summed E-state index contributed by atoms with van der Waals surface area (Å²) in [6.07, 6.45) is 1.49. The topological polar surface area (TPSA) is 72.3 Å². The summed E-state index contributed by atoms with van der Waals surface area (Å²) < 4.78 is 5.48. The lowest BCUT2D eigenvalue weighted by Gasteiger charge is -2.08. The molecule has 98 valence electrons. The van der Waals surface area contributed by atoms with E-state index in [0.29, 0.717) is 11.6 Å². The fraction of sp³-hybridized carbons (Fsp3) is 0.154. The van der Waals surface area contributed by atoms with Gasteiger partial charge in [-0.3, -0.25) is 4.98 Å². The molecule has 0 saturated heterocycles. The third-order valence-corrected chi connectivity index (χ3v) is 2.86. The first kappa shape index (κ1) is 13.3. The minimum absolute atomic E-state index is 0.100. The van der Waals surface area contributed by atoms with Crippen molar-refractivity contribution in [3.05, 3.63) is 46.4 Å². The molecule has 2 aromatic rings. The Bertz CT molecular complexity index is 644. The van der Waals surface area contributed by atoms with Crippen molar-refractivity contribution >= 4 is 17.6 Å². The zero-order chi connectivity index (χ0) is 14.0. The number of carboxylic acid groups (broad SMARTS) is 1. The first-order valence-electron chi connectivity index (χ1n) is 5.48. The van der Waals surface area contributed by atoms with Crippen molar-refractivity contribution in [1.29, 1.82) is 0 Å². The Labute approximate surface area is 114 Å². The first-order valence-corrected chi connectivity index (χ1v) is 5.86. The summed E-state index contributed by atoms with van der Waals surface area (Å²) >= 11 is 5.96. The van der Waals surface area contributed by atoms with E-state index in [-0.39, 0.29) is 10.6 Å². The van der Waals surface area contributed by atoms with Crippen molar-refractivity contribution in [2.45, 2.75) is 13.8 Å². The van der Waals surface area contributed by atoms with E-state index in [1.165, 1.54) is 24.4 Å². The number of hydrogen-bond acceptors (Lipinski definition) is 4. The first-order chi connectivity index (χ1) is 8.97. The summed E-state index contributed by atoms with van der Waals surface area (Å²) in [7, 11) is 0. The predicted molar refractivity (Wildman–Crippen MR) is 70.0 cm³/mol. The Kier molecular flexibility index (Phi) is 3.66. The molecule has 1 N–H and O–H groups in total. The second-order valence-corrected chi connectivity index (χ2v) is 4.34. The number of carbonyl (C=O) groups is 1. The average Bonchev–Trinajstić information content (AvgIpc) is 2.36. The van der Waals surface area contributed by atoms with Crippen LogP contribution in [-0.4, -0.2) is 21.0 Å². The Morgan fingerprint density at radius 1 is 1.32 bits per heavy atom. The number of aromatic nitrogens is 2. The van der Waals surface area contributed by atoms with Crippen LogP contribution in [0.5, 0.6) is 11.6 Å². The van der Waals surface area contributed by atoms with Crippen LogP contribution in [0.25, 0.3) is 0 Å². The van der Waals surface area contributed by atoms with Gasteiger partial charge in [0.2, 0.25) is 5.88 Å². The molecule has 0 aliphatic heterocycles. The molecule has 0 fully saturated rings. The maximum atomic E-state index is 10.8. The molecule has 6 heteroatoms. The fourth-order valence-corrected chi connectivity index (χ4v) is 1.62. The van der Waals surface area contributed by atoms with Crippen molar-refractivity contribution in [2.24, 2.45) is 0 Å². The van der Waals surface area contributed by atoms with E-state index in [1.807, 2.05) is 13.8 Å². The van der Waals surface area contributed by atoms with Gasteiger partial charge in [0.25, 0.3) is 0 Å². The number of hydrogen-bond donors (Lipinski definition) is 1. The lowest BCUT2D eigenvalue weighted by Crippen LogP contribution is -1.98. The van der Waals surface area contributed by atoms with Gasteiger partial charge in [-0.25, -0.2) is 9.78 Å². The number of benzene rings is 1. The number of aromatic carboxylic acids is 1. The third kappa shape index (κ3) is 3.00. The highest BCUT2D eigenvalue weighted by Crippen LogP contribution is 2.29. The zero-order valence-corrected chi connectivity index (χ0v) is 11.1. The van der Waals surface area contributed by atoms with Crippen LogP contribution in [0.15, 0.2) is 24.4 Å². The molecule has 0 spiro atoms. The number of ether oxygens (including phenoxy) is 1. The minimum atomic E-state index is -1.04. The summed E-state index contributed by atoms with van der Waals surface area (Å²) in [5.74, 6) is -0.392. The molecule has 19 heavy (non-hydrogen) atoms. The molecule has 0 radical (unpaired) electrons. The summed E-state index contributed by atoms with van der Waals surface area (Å²) in [5, 5.41) is 9.04. The highest BCUT2D eigenvalue weighted by molar-refractivity contribution is 6.32. The number of rotatable bonds is 3. The second kappa shape index (κ2) is 5.24. The van der Waals surface area contributed by atoms with E-state index in [1.54, 1.807) is 0 Å². The van der Waals surface area contributed by atoms with Crippen LogP contribution < -0.4 is 4.74 Å². The summed E-state index contributed by atoms with van der Waals surface area (Å²) in [6.45, 7) is 3.67. The Morgan fingerprint density at radius 3 is 2.63 bits per heavy atom. The molecule has 0 aliphatic rings. The molecule has 1 aromatic carbocycles. The van der Waals surface area contributed by atoms with Gasteiger partial charge in [0.15, 0.2) is 0 Å². The molecule has 0 saturated carbocycles. The van der Waals surface area contributed by atoms with Crippen molar-refractivity contribution in [3.63, 3.8) is 0 Å². The number of nitrogens with zero attached hydrogens (tertiary/aromatic N) is 2. The van der Waals surface area contributed by atoms with Crippen molar-refractivity contribution in [1.82, 2.24) is 9.97 Å². The predicted octanol–water partition coefficient (Wildman–Crippen LogP) is 3.24. The van der Waals surface area contributed by atoms with Crippen molar-refractivity contribution < 1.29 is 14.6 Å². The molecule has 0 unspecified atom stereocenters. The van der Waals surface area contributed by atoms with E-state index in [4.69, 9.17) is 21.4 Å². The van der Waals surface area contributed by atoms with Crippen LogP contribution in [0.3, 0.4) is 0 Å². The molecule has 0 bridgehead atoms. The van der Waals surface area contributed by atoms with Gasteiger partial charge in [-0.2, -0.15) is 0 Å². The smallest absolute Gasteiger partial charge is 0.335 e. The van der Waals surface area contributed by atoms with Crippen LogP contribution in [0.1, 0.15) is 21.7 Å². The average molecular weight is 279 g/mol. The van der Waals surface area contributed by atoms with Gasteiger partial charge in [0, 0.05) is 0 Å². The summed E-state index contributed by atoms with van der Waals surface area (Å²) in [5.41, 5.74) is 1.68. The van der Waals surface area contributed by atoms with Crippen LogP contribution in [-0.2, 0) is 0 Å². The maximum Gasteiger partial charge on any atom is 0.335 e. The maximum absolute atomic E-state index is 10.8. The lowest BCUT2D eigenvalue weighted by atomic mass is 10.2. The van der Waals surface area contributed by atoms with Crippen LogP contribution in [0.4, 0.5) is 0 Å². The molecule has 2 rings (SSSR count).